The molecule has 1 amide bonds. The first-order chi connectivity index (χ1) is 13.2. The number of hydrogen-bond acceptors (Lipinski definition) is 4. The van der Waals surface area contributed by atoms with Gasteiger partial charge in [0.1, 0.15) is 5.78 Å². The molecule has 28 heavy (non-hydrogen) atoms. The van der Waals surface area contributed by atoms with Gasteiger partial charge >= 0.3 is 0 Å². The summed E-state index contributed by atoms with van der Waals surface area (Å²) in [6.07, 6.45) is 4.52. The van der Waals surface area contributed by atoms with Crippen LogP contribution in [-0.2, 0) is 9.59 Å². The molecule has 2 aliphatic rings. The molecule has 1 aliphatic carbocycles. The van der Waals surface area contributed by atoms with Crippen LogP contribution in [0.15, 0.2) is 0 Å². The van der Waals surface area contributed by atoms with Crippen molar-refractivity contribution in [3.05, 3.63) is 0 Å². The highest BCUT2D eigenvalue weighted by Crippen LogP contribution is 2.31. The van der Waals surface area contributed by atoms with Crippen LogP contribution in [0.2, 0.25) is 0 Å². The Kier molecular flexibility index (Phi) is 8.94. The number of carbonyl (C=O) groups is 2. The van der Waals surface area contributed by atoms with Gasteiger partial charge in [-0.05, 0) is 44.1 Å². The van der Waals surface area contributed by atoms with Crippen molar-refractivity contribution in [1.29, 1.82) is 0 Å². The standard InChI is InChI=1S/C23H43N3O2/c1-18(2)21(27)19-7-9-20(10-8-19)22(28)24-11-6-12-25-13-15-26(16-14-25)17-23(3,4)5/h18-20H,6-17H2,1-5H3,(H,24,28). The minimum atomic E-state index is 0.108. The Hall–Kier alpha value is -0.940. The van der Waals surface area contributed by atoms with Crippen molar-refractivity contribution < 1.29 is 9.59 Å². The lowest BCUT2D eigenvalue weighted by molar-refractivity contribution is -0.130. The molecule has 1 saturated carbocycles. The van der Waals surface area contributed by atoms with Gasteiger partial charge in [-0.25, -0.2) is 0 Å². The predicted octanol–water partition coefficient (Wildman–Crippen LogP) is 3.19. The fourth-order valence-corrected chi connectivity index (χ4v) is 4.61. The topological polar surface area (TPSA) is 52.7 Å². The van der Waals surface area contributed by atoms with Crippen molar-refractivity contribution in [1.82, 2.24) is 15.1 Å². The Balaban J connectivity index is 1.56. The monoisotopic (exact) mass is 393 g/mol. The Bertz CT molecular complexity index is 496. The van der Waals surface area contributed by atoms with Gasteiger partial charge < -0.3 is 15.1 Å². The SMILES string of the molecule is CC(C)C(=O)C1CCC(C(=O)NCCCN2CCN(CC(C)(C)C)CC2)CC1. The molecule has 2 fully saturated rings. The molecule has 2 rings (SSSR count). The number of hydrogen-bond donors (Lipinski definition) is 1. The van der Waals surface area contributed by atoms with Crippen molar-refractivity contribution in [2.75, 3.05) is 45.8 Å². The predicted molar refractivity (Wildman–Crippen MR) is 115 cm³/mol. The highest BCUT2D eigenvalue weighted by Gasteiger charge is 2.30. The number of rotatable bonds is 8. The average Bonchev–Trinajstić information content (AvgIpc) is 2.64. The van der Waals surface area contributed by atoms with Gasteiger partial charge in [0.2, 0.25) is 5.91 Å². The molecule has 162 valence electrons. The molecule has 0 radical (unpaired) electrons. The lowest BCUT2D eigenvalue weighted by Crippen LogP contribution is -2.49. The summed E-state index contributed by atoms with van der Waals surface area (Å²) in [5.74, 6) is 0.982. The van der Waals surface area contributed by atoms with Gasteiger partial charge in [-0.2, -0.15) is 0 Å². The van der Waals surface area contributed by atoms with E-state index in [4.69, 9.17) is 0 Å². The van der Waals surface area contributed by atoms with Crippen LogP contribution >= 0.6 is 0 Å². The van der Waals surface area contributed by atoms with Crippen molar-refractivity contribution in [3.63, 3.8) is 0 Å². The smallest absolute Gasteiger partial charge is 0.223 e. The highest BCUT2D eigenvalue weighted by molar-refractivity contribution is 5.83. The summed E-state index contributed by atoms with van der Waals surface area (Å²) in [5, 5.41) is 3.14. The van der Waals surface area contributed by atoms with Gasteiger partial charge in [0.15, 0.2) is 0 Å². The largest absolute Gasteiger partial charge is 0.356 e. The molecule has 1 N–H and O–H groups in total. The van der Waals surface area contributed by atoms with E-state index in [9.17, 15) is 9.59 Å². The molecule has 0 atom stereocenters. The van der Waals surface area contributed by atoms with E-state index in [1.165, 1.54) is 6.54 Å². The van der Waals surface area contributed by atoms with E-state index < -0.39 is 0 Å². The number of ketones is 1. The normalized spacial score (nSPS) is 25.1. The molecular weight excluding hydrogens is 350 g/mol. The van der Waals surface area contributed by atoms with Crippen LogP contribution in [0.1, 0.15) is 66.7 Å². The summed E-state index contributed by atoms with van der Waals surface area (Å²) >= 11 is 0. The fourth-order valence-electron chi connectivity index (χ4n) is 4.61. The van der Waals surface area contributed by atoms with Gasteiger partial charge in [-0.3, -0.25) is 9.59 Å². The highest BCUT2D eigenvalue weighted by atomic mass is 16.2. The van der Waals surface area contributed by atoms with E-state index in [0.717, 1.165) is 71.4 Å². The van der Waals surface area contributed by atoms with Crippen molar-refractivity contribution in [2.45, 2.75) is 66.7 Å². The number of piperazine rings is 1. The van der Waals surface area contributed by atoms with E-state index in [1.807, 2.05) is 13.8 Å². The summed E-state index contributed by atoms with van der Waals surface area (Å²) in [6.45, 7) is 18.5. The Morgan fingerprint density at radius 2 is 1.46 bits per heavy atom. The van der Waals surface area contributed by atoms with Gasteiger partial charge in [0.25, 0.3) is 0 Å². The maximum absolute atomic E-state index is 12.4. The van der Waals surface area contributed by atoms with E-state index >= 15 is 0 Å². The molecular formula is C23H43N3O2. The molecule has 0 unspecified atom stereocenters. The molecule has 0 aromatic rings. The first-order valence-corrected chi connectivity index (χ1v) is 11.4. The molecule has 5 nitrogen and oxygen atoms in total. The zero-order valence-electron chi connectivity index (χ0n) is 18.9. The van der Waals surface area contributed by atoms with Crippen molar-refractivity contribution in [2.24, 2.45) is 23.2 Å². The third-order valence-electron chi connectivity index (χ3n) is 6.18. The third-order valence-corrected chi connectivity index (χ3v) is 6.18. The van der Waals surface area contributed by atoms with Gasteiger partial charge in [0, 0.05) is 57.0 Å². The minimum Gasteiger partial charge on any atom is -0.356 e. The van der Waals surface area contributed by atoms with E-state index in [-0.39, 0.29) is 23.7 Å². The number of Topliss-reactive ketones (excluding diaryl/α,β-unsaturated/α-hetero) is 1. The van der Waals surface area contributed by atoms with Crippen LogP contribution in [0, 0.1) is 23.2 Å². The maximum atomic E-state index is 12.4. The van der Waals surface area contributed by atoms with Crippen LogP contribution in [0.3, 0.4) is 0 Å². The molecule has 0 aromatic carbocycles. The minimum absolute atomic E-state index is 0.108. The number of nitrogens with zero attached hydrogens (tertiary/aromatic N) is 2. The summed E-state index contributed by atoms with van der Waals surface area (Å²) in [7, 11) is 0. The lowest BCUT2D eigenvalue weighted by atomic mass is 9.77. The quantitative estimate of drug-likeness (QED) is 0.644. The van der Waals surface area contributed by atoms with Gasteiger partial charge in [-0.15, -0.1) is 0 Å². The summed E-state index contributed by atoms with van der Waals surface area (Å²) in [4.78, 5) is 29.6. The molecule has 1 aliphatic heterocycles. The Morgan fingerprint density at radius 3 is 2.00 bits per heavy atom. The molecule has 0 aromatic heterocycles. The second-order valence-corrected chi connectivity index (χ2v) is 10.4. The zero-order chi connectivity index (χ0) is 20.7. The molecule has 5 heteroatoms. The third kappa shape index (κ3) is 7.82. The summed E-state index contributed by atoms with van der Waals surface area (Å²) < 4.78 is 0. The van der Waals surface area contributed by atoms with Gasteiger partial charge in [0.05, 0.1) is 0 Å². The van der Waals surface area contributed by atoms with Crippen LogP contribution in [0.4, 0.5) is 0 Å². The number of carbonyl (C=O) groups excluding carboxylic acids is 2. The van der Waals surface area contributed by atoms with Gasteiger partial charge in [-0.1, -0.05) is 34.6 Å². The van der Waals surface area contributed by atoms with Crippen molar-refractivity contribution >= 4 is 11.7 Å². The summed E-state index contributed by atoms with van der Waals surface area (Å²) in [6, 6.07) is 0. The van der Waals surface area contributed by atoms with E-state index in [1.54, 1.807) is 0 Å². The first kappa shape index (κ1) is 23.3. The number of amides is 1. The molecule has 0 spiro atoms. The molecule has 1 saturated heterocycles. The van der Waals surface area contributed by atoms with Crippen molar-refractivity contribution in [3.8, 4) is 0 Å². The Labute approximate surface area is 172 Å². The lowest BCUT2D eigenvalue weighted by Gasteiger charge is -2.37. The fraction of sp³-hybridized carbons (Fsp3) is 0.913. The zero-order valence-corrected chi connectivity index (χ0v) is 18.9. The van der Waals surface area contributed by atoms with Crippen LogP contribution in [-0.4, -0.2) is 67.3 Å². The second-order valence-electron chi connectivity index (χ2n) is 10.4. The van der Waals surface area contributed by atoms with Crippen LogP contribution in [0.5, 0.6) is 0 Å². The molecule has 0 bridgehead atoms. The van der Waals surface area contributed by atoms with E-state index in [2.05, 4.69) is 35.9 Å². The Morgan fingerprint density at radius 1 is 0.929 bits per heavy atom. The van der Waals surface area contributed by atoms with Crippen LogP contribution < -0.4 is 5.32 Å². The maximum Gasteiger partial charge on any atom is 0.223 e. The number of nitrogens with one attached hydrogen (secondary N) is 1. The van der Waals surface area contributed by atoms with Crippen LogP contribution in [0.25, 0.3) is 0 Å². The molecule has 1 heterocycles. The summed E-state index contributed by atoms with van der Waals surface area (Å²) in [5.41, 5.74) is 0.369. The first-order valence-electron chi connectivity index (χ1n) is 11.4. The van der Waals surface area contributed by atoms with E-state index in [0.29, 0.717) is 11.2 Å². The average molecular weight is 394 g/mol. The second kappa shape index (κ2) is 10.7.